The quantitative estimate of drug-likeness (QED) is 0.808. The maximum atomic E-state index is 13.3. The number of alkyl halides is 3. The Hall–Kier alpha value is -1.63. The molecular formula is C15H16F4N2O. The summed E-state index contributed by atoms with van der Waals surface area (Å²) in [6.45, 7) is 2.82. The van der Waals surface area contributed by atoms with E-state index < -0.39 is 23.5 Å². The second-order valence-electron chi connectivity index (χ2n) is 5.91. The number of fused-ring (bicyclic) bond motifs is 1. The molecule has 7 heteroatoms. The Bertz CT molecular complexity index is 587. The topological polar surface area (TPSA) is 32.3 Å². The number of amides is 1. The van der Waals surface area contributed by atoms with E-state index in [0.717, 1.165) is 25.6 Å². The molecule has 2 atom stereocenters. The molecule has 2 aliphatic rings. The predicted octanol–water partition coefficient (Wildman–Crippen LogP) is 2.53. The van der Waals surface area contributed by atoms with Gasteiger partial charge >= 0.3 is 6.18 Å². The van der Waals surface area contributed by atoms with E-state index in [-0.39, 0.29) is 5.56 Å². The van der Waals surface area contributed by atoms with Gasteiger partial charge in [0.05, 0.1) is 5.56 Å². The zero-order valence-corrected chi connectivity index (χ0v) is 11.8. The summed E-state index contributed by atoms with van der Waals surface area (Å²) in [5.41, 5.74) is -1.51. The monoisotopic (exact) mass is 316 g/mol. The lowest BCUT2D eigenvalue weighted by Crippen LogP contribution is -2.43. The van der Waals surface area contributed by atoms with Crippen molar-refractivity contribution in [2.24, 2.45) is 11.8 Å². The molecule has 0 saturated carbocycles. The highest BCUT2D eigenvalue weighted by molar-refractivity contribution is 5.94. The molecule has 2 heterocycles. The number of likely N-dealkylation sites (tertiary alicyclic amines) is 1. The largest absolute Gasteiger partial charge is 0.419 e. The maximum absolute atomic E-state index is 13.3. The second-order valence-corrected chi connectivity index (χ2v) is 5.91. The number of piperidine rings is 1. The van der Waals surface area contributed by atoms with Gasteiger partial charge < -0.3 is 10.2 Å². The van der Waals surface area contributed by atoms with Crippen molar-refractivity contribution < 1.29 is 22.4 Å². The third-order valence-electron chi connectivity index (χ3n) is 4.51. The molecule has 0 aromatic heterocycles. The normalized spacial score (nSPS) is 25.2. The van der Waals surface area contributed by atoms with Gasteiger partial charge in [0, 0.05) is 18.7 Å². The van der Waals surface area contributed by atoms with Crippen LogP contribution in [0.2, 0.25) is 0 Å². The standard InChI is InChI=1S/C15H16F4N2O/c16-13-2-1-9(5-12(13)15(17,18)19)14(22)21-4-3-10-6-20-7-11(10)8-21/h1-2,5,10-11,20H,3-4,6-8H2. The van der Waals surface area contributed by atoms with Crippen LogP contribution in [0.15, 0.2) is 18.2 Å². The molecule has 120 valence electrons. The summed E-state index contributed by atoms with van der Waals surface area (Å²) >= 11 is 0. The number of benzene rings is 1. The van der Waals surface area contributed by atoms with Gasteiger partial charge in [0.2, 0.25) is 0 Å². The average Bonchev–Trinajstić information content (AvgIpc) is 2.93. The number of rotatable bonds is 1. The van der Waals surface area contributed by atoms with Gasteiger partial charge in [-0.05, 0) is 49.5 Å². The number of nitrogens with one attached hydrogen (secondary N) is 1. The van der Waals surface area contributed by atoms with E-state index in [1.54, 1.807) is 4.90 Å². The van der Waals surface area contributed by atoms with Gasteiger partial charge in [-0.25, -0.2) is 4.39 Å². The van der Waals surface area contributed by atoms with Crippen molar-refractivity contribution in [1.82, 2.24) is 10.2 Å². The summed E-state index contributed by atoms with van der Waals surface area (Å²) in [6.07, 6.45) is -3.96. The molecule has 3 nitrogen and oxygen atoms in total. The van der Waals surface area contributed by atoms with Crippen LogP contribution in [-0.4, -0.2) is 37.0 Å². The van der Waals surface area contributed by atoms with E-state index in [9.17, 15) is 22.4 Å². The Morgan fingerprint density at radius 3 is 2.68 bits per heavy atom. The number of carbonyl (C=O) groups is 1. The molecule has 1 aromatic rings. The first-order chi connectivity index (χ1) is 10.4. The van der Waals surface area contributed by atoms with Crippen LogP contribution in [-0.2, 0) is 6.18 Å². The summed E-state index contributed by atoms with van der Waals surface area (Å²) in [6, 6.07) is 2.43. The molecule has 1 N–H and O–H groups in total. The fourth-order valence-corrected chi connectivity index (χ4v) is 3.28. The van der Waals surface area contributed by atoms with Crippen molar-refractivity contribution >= 4 is 5.91 Å². The Kier molecular flexibility index (Phi) is 3.84. The summed E-state index contributed by atoms with van der Waals surface area (Å²) in [4.78, 5) is 14.0. The van der Waals surface area contributed by atoms with E-state index in [4.69, 9.17) is 0 Å². The summed E-state index contributed by atoms with van der Waals surface area (Å²) in [7, 11) is 0. The smallest absolute Gasteiger partial charge is 0.338 e. The van der Waals surface area contributed by atoms with E-state index in [1.807, 2.05) is 0 Å². The van der Waals surface area contributed by atoms with Crippen LogP contribution >= 0.6 is 0 Å². The molecule has 0 spiro atoms. The summed E-state index contributed by atoms with van der Waals surface area (Å²) in [5, 5.41) is 3.26. The number of nitrogens with zero attached hydrogens (tertiary/aromatic N) is 1. The molecule has 0 aliphatic carbocycles. The molecule has 3 rings (SSSR count). The predicted molar refractivity (Wildman–Crippen MR) is 71.8 cm³/mol. The van der Waals surface area contributed by atoms with Crippen molar-refractivity contribution in [1.29, 1.82) is 0 Å². The minimum absolute atomic E-state index is 0.113. The molecule has 2 saturated heterocycles. The van der Waals surface area contributed by atoms with Crippen LogP contribution < -0.4 is 5.32 Å². The minimum atomic E-state index is -4.80. The fourth-order valence-electron chi connectivity index (χ4n) is 3.28. The highest BCUT2D eigenvalue weighted by Gasteiger charge is 2.37. The molecule has 0 bridgehead atoms. The van der Waals surface area contributed by atoms with Crippen molar-refractivity contribution in [2.45, 2.75) is 12.6 Å². The molecule has 2 aliphatic heterocycles. The summed E-state index contributed by atoms with van der Waals surface area (Å²) in [5.74, 6) is -0.943. The van der Waals surface area contributed by atoms with Crippen LogP contribution in [0.1, 0.15) is 22.3 Å². The Balaban J connectivity index is 1.80. The van der Waals surface area contributed by atoms with Gasteiger partial charge in [0.1, 0.15) is 5.82 Å². The lowest BCUT2D eigenvalue weighted by atomic mass is 9.88. The van der Waals surface area contributed by atoms with Crippen molar-refractivity contribution in [2.75, 3.05) is 26.2 Å². The molecule has 22 heavy (non-hydrogen) atoms. The highest BCUT2D eigenvalue weighted by atomic mass is 19.4. The van der Waals surface area contributed by atoms with Crippen molar-refractivity contribution in [3.05, 3.63) is 35.1 Å². The van der Waals surface area contributed by atoms with Crippen LogP contribution in [0.3, 0.4) is 0 Å². The molecule has 2 unspecified atom stereocenters. The SMILES string of the molecule is O=C(c1ccc(F)c(C(F)(F)F)c1)N1CCC2CNCC2C1. The molecule has 2 fully saturated rings. The minimum Gasteiger partial charge on any atom is -0.338 e. The van der Waals surface area contributed by atoms with Gasteiger partial charge in [0.25, 0.3) is 5.91 Å². The van der Waals surface area contributed by atoms with Gasteiger partial charge in [-0.3, -0.25) is 4.79 Å². The first-order valence-electron chi connectivity index (χ1n) is 7.23. The molecule has 0 radical (unpaired) electrons. The average molecular weight is 316 g/mol. The Morgan fingerprint density at radius 2 is 1.95 bits per heavy atom. The highest BCUT2D eigenvalue weighted by Crippen LogP contribution is 2.33. The first-order valence-corrected chi connectivity index (χ1v) is 7.23. The van der Waals surface area contributed by atoms with E-state index in [1.165, 1.54) is 0 Å². The zero-order valence-electron chi connectivity index (χ0n) is 11.8. The number of carbonyl (C=O) groups excluding carboxylic acids is 1. The third kappa shape index (κ3) is 2.82. The van der Waals surface area contributed by atoms with E-state index in [0.29, 0.717) is 37.1 Å². The van der Waals surface area contributed by atoms with E-state index >= 15 is 0 Å². The first kappa shape index (κ1) is 15.3. The van der Waals surface area contributed by atoms with Crippen LogP contribution in [0, 0.1) is 17.7 Å². The van der Waals surface area contributed by atoms with Crippen molar-refractivity contribution in [3.63, 3.8) is 0 Å². The van der Waals surface area contributed by atoms with Gasteiger partial charge in [0.15, 0.2) is 0 Å². The molecule has 1 aromatic carbocycles. The maximum Gasteiger partial charge on any atom is 0.419 e. The third-order valence-corrected chi connectivity index (χ3v) is 4.51. The Labute approximate surface area is 125 Å². The molecular weight excluding hydrogens is 300 g/mol. The van der Waals surface area contributed by atoms with Gasteiger partial charge in [-0.2, -0.15) is 13.2 Å². The van der Waals surface area contributed by atoms with Crippen LogP contribution in [0.5, 0.6) is 0 Å². The van der Waals surface area contributed by atoms with Crippen molar-refractivity contribution in [3.8, 4) is 0 Å². The van der Waals surface area contributed by atoms with Gasteiger partial charge in [-0.1, -0.05) is 0 Å². The fraction of sp³-hybridized carbons (Fsp3) is 0.533. The lowest BCUT2D eigenvalue weighted by Gasteiger charge is -2.34. The van der Waals surface area contributed by atoms with Crippen LogP contribution in [0.4, 0.5) is 17.6 Å². The van der Waals surface area contributed by atoms with E-state index in [2.05, 4.69) is 5.32 Å². The molecule has 1 amide bonds. The lowest BCUT2D eigenvalue weighted by molar-refractivity contribution is -0.140. The number of hydrogen-bond acceptors (Lipinski definition) is 2. The number of hydrogen-bond donors (Lipinski definition) is 1. The second kappa shape index (κ2) is 5.53. The van der Waals surface area contributed by atoms with Crippen LogP contribution in [0.25, 0.3) is 0 Å². The number of halogens is 4. The zero-order chi connectivity index (χ0) is 15.9. The summed E-state index contributed by atoms with van der Waals surface area (Å²) < 4.78 is 51.5. The Morgan fingerprint density at radius 1 is 1.23 bits per heavy atom. The van der Waals surface area contributed by atoms with Gasteiger partial charge in [-0.15, -0.1) is 0 Å².